The van der Waals surface area contributed by atoms with Gasteiger partial charge in [-0.15, -0.1) is 0 Å². The molecule has 0 saturated heterocycles. The summed E-state index contributed by atoms with van der Waals surface area (Å²) in [6.07, 6.45) is 2.91. The Hall–Kier alpha value is -1.11. The van der Waals surface area contributed by atoms with Crippen molar-refractivity contribution in [1.29, 1.82) is 0 Å². The third-order valence-electron chi connectivity index (χ3n) is 2.37. The number of rotatable bonds is 0. The fourth-order valence-corrected chi connectivity index (χ4v) is 1.53. The highest BCUT2D eigenvalue weighted by Crippen LogP contribution is 2.29. The summed E-state index contributed by atoms with van der Waals surface area (Å²) >= 11 is 0. The zero-order valence-corrected chi connectivity index (χ0v) is 6.89. The van der Waals surface area contributed by atoms with E-state index in [0.717, 1.165) is 6.42 Å². The first-order chi connectivity index (χ1) is 5.29. The molecule has 0 spiro atoms. The van der Waals surface area contributed by atoms with Crippen LogP contribution in [0.5, 0.6) is 0 Å². The van der Waals surface area contributed by atoms with E-state index in [-0.39, 0.29) is 0 Å². The Balaban J connectivity index is 2.60. The Bertz CT molecular complexity index is 323. The zero-order valence-electron chi connectivity index (χ0n) is 6.89. The SMILES string of the molecule is CC1=C(C)c2cccnc2C1. The van der Waals surface area contributed by atoms with Gasteiger partial charge in [-0.2, -0.15) is 0 Å². The monoisotopic (exact) mass is 145 g/mol. The van der Waals surface area contributed by atoms with Gasteiger partial charge >= 0.3 is 0 Å². The number of hydrogen-bond acceptors (Lipinski definition) is 1. The number of nitrogens with zero attached hydrogens (tertiary/aromatic N) is 1. The average Bonchev–Trinajstić information content (AvgIpc) is 2.30. The summed E-state index contributed by atoms with van der Waals surface area (Å²) in [7, 11) is 0. The molecule has 56 valence electrons. The third kappa shape index (κ3) is 0.881. The molecule has 0 unspecified atom stereocenters. The predicted octanol–water partition coefficient (Wildman–Crippen LogP) is 2.43. The Kier molecular flexibility index (Phi) is 1.31. The topological polar surface area (TPSA) is 12.9 Å². The first-order valence-corrected chi connectivity index (χ1v) is 3.89. The first kappa shape index (κ1) is 6.59. The van der Waals surface area contributed by atoms with Gasteiger partial charge in [-0.1, -0.05) is 11.6 Å². The molecule has 0 aromatic carbocycles. The van der Waals surface area contributed by atoms with Gasteiger partial charge in [0.15, 0.2) is 0 Å². The van der Waals surface area contributed by atoms with Crippen LogP contribution in [0.15, 0.2) is 23.9 Å². The Morgan fingerprint density at radius 1 is 1.36 bits per heavy atom. The third-order valence-corrected chi connectivity index (χ3v) is 2.37. The van der Waals surface area contributed by atoms with E-state index >= 15 is 0 Å². The van der Waals surface area contributed by atoms with Crippen molar-refractivity contribution in [1.82, 2.24) is 4.98 Å². The molecular formula is C10H11N. The molecule has 2 rings (SSSR count). The number of pyridine rings is 1. The van der Waals surface area contributed by atoms with Gasteiger partial charge in [-0.05, 0) is 31.1 Å². The van der Waals surface area contributed by atoms with Crippen molar-refractivity contribution in [2.45, 2.75) is 20.3 Å². The van der Waals surface area contributed by atoms with Crippen molar-refractivity contribution in [2.24, 2.45) is 0 Å². The fraction of sp³-hybridized carbons (Fsp3) is 0.300. The number of fused-ring (bicyclic) bond motifs is 1. The molecule has 0 radical (unpaired) electrons. The summed E-state index contributed by atoms with van der Waals surface area (Å²) in [4.78, 5) is 4.32. The molecule has 1 aliphatic rings. The lowest BCUT2D eigenvalue weighted by atomic mass is 10.1. The second-order valence-electron chi connectivity index (χ2n) is 3.08. The molecule has 11 heavy (non-hydrogen) atoms. The zero-order chi connectivity index (χ0) is 7.84. The molecule has 1 nitrogen and oxygen atoms in total. The van der Waals surface area contributed by atoms with Crippen molar-refractivity contribution < 1.29 is 0 Å². The van der Waals surface area contributed by atoms with Gasteiger partial charge in [-0.3, -0.25) is 4.98 Å². The maximum absolute atomic E-state index is 4.32. The van der Waals surface area contributed by atoms with E-state index in [9.17, 15) is 0 Å². The molecule has 1 heterocycles. The number of hydrogen-bond donors (Lipinski definition) is 0. The molecule has 0 saturated carbocycles. The lowest BCUT2D eigenvalue weighted by Crippen LogP contribution is -1.86. The van der Waals surface area contributed by atoms with Crippen LogP contribution in [-0.2, 0) is 6.42 Å². The molecule has 1 aromatic heterocycles. The number of aromatic nitrogens is 1. The molecule has 0 fully saturated rings. The average molecular weight is 145 g/mol. The van der Waals surface area contributed by atoms with Crippen LogP contribution in [0, 0.1) is 0 Å². The van der Waals surface area contributed by atoms with Crippen LogP contribution in [0.2, 0.25) is 0 Å². The smallest absolute Gasteiger partial charge is 0.0518 e. The van der Waals surface area contributed by atoms with Gasteiger partial charge in [0.1, 0.15) is 0 Å². The summed E-state index contributed by atoms with van der Waals surface area (Å²) in [5.74, 6) is 0. The molecule has 0 amide bonds. The van der Waals surface area contributed by atoms with E-state index in [2.05, 4.69) is 24.9 Å². The van der Waals surface area contributed by atoms with Crippen LogP contribution in [-0.4, -0.2) is 4.98 Å². The highest BCUT2D eigenvalue weighted by atomic mass is 14.7. The van der Waals surface area contributed by atoms with Gasteiger partial charge in [0.05, 0.1) is 5.69 Å². The molecule has 0 atom stereocenters. The minimum Gasteiger partial charge on any atom is -0.260 e. The second-order valence-corrected chi connectivity index (χ2v) is 3.08. The largest absolute Gasteiger partial charge is 0.260 e. The van der Waals surface area contributed by atoms with E-state index < -0.39 is 0 Å². The molecule has 1 heteroatoms. The molecule has 0 bridgehead atoms. The molecule has 0 aliphatic heterocycles. The Morgan fingerprint density at radius 3 is 2.91 bits per heavy atom. The summed E-state index contributed by atoms with van der Waals surface area (Å²) in [5, 5.41) is 0. The minimum atomic E-state index is 1.04. The molecule has 1 aromatic rings. The Labute approximate surface area is 66.8 Å². The minimum absolute atomic E-state index is 1.04. The standard InChI is InChI=1S/C10H11N/c1-7-6-10-9(8(7)2)4-3-5-11-10/h3-5H,6H2,1-2H3. The van der Waals surface area contributed by atoms with Gasteiger partial charge < -0.3 is 0 Å². The van der Waals surface area contributed by atoms with Crippen LogP contribution in [0.25, 0.3) is 5.57 Å². The molecular weight excluding hydrogens is 134 g/mol. The lowest BCUT2D eigenvalue weighted by Gasteiger charge is -1.96. The maximum atomic E-state index is 4.32. The van der Waals surface area contributed by atoms with Gasteiger partial charge in [0, 0.05) is 12.6 Å². The van der Waals surface area contributed by atoms with Crippen LogP contribution < -0.4 is 0 Å². The van der Waals surface area contributed by atoms with Crippen molar-refractivity contribution in [3.8, 4) is 0 Å². The normalized spacial score (nSPS) is 15.5. The van der Waals surface area contributed by atoms with Crippen LogP contribution in [0.1, 0.15) is 25.1 Å². The van der Waals surface area contributed by atoms with E-state index in [1.165, 1.54) is 22.4 Å². The molecule has 1 aliphatic carbocycles. The van der Waals surface area contributed by atoms with E-state index in [4.69, 9.17) is 0 Å². The lowest BCUT2D eigenvalue weighted by molar-refractivity contribution is 1.08. The van der Waals surface area contributed by atoms with Crippen molar-refractivity contribution in [3.05, 3.63) is 35.2 Å². The van der Waals surface area contributed by atoms with E-state index in [1.807, 2.05) is 12.3 Å². The van der Waals surface area contributed by atoms with Gasteiger partial charge in [0.25, 0.3) is 0 Å². The van der Waals surface area contributed by atoms with E-state index in [1.54, 1.807) is 0 Å². The van der Waals surface area contributed by atoms with Crippen molar-refractivity contribution >= 4 is 5.57 Å². The van der Waals surface area contributed by atoms with Crippen LogP contribution >= 0.6 is 0 Å². The van der Waals surface area contributed by atoms with Crippen LogP contribution in [0.4, 0.5) is 0 Å². The predicted molar refractivity (Wildman–Crippen MR) is 46.2 cm³/mol. The second kappa shape index (κ2) is 2.19. The summed E-state index contributed by atoms with van der Waals surface area (Å²) in [6, 6.07) is 4.15. The molecule has 0 N–H and O–H groups in total. The van der Waals surface area contributed by atoms with Crippen LogP contribution in [0.3, 0.4) is 0 Å². The summed E-state index contributed by atoms with van der Waals surface area (Å²) in [5.41, 5.74) is 5.44. The highest BCUT2D eigenvalue weighted by Gasteiger charge is 2.14. The Morgan fingerprint density at radius 2 is 2.18 bits per heavy atom. The van der Waals surface area contributed by atoms with Gasteiger partial charge in [0.2, 0.25) is 0 Å². The summed E-state index contributed by atoms with van der Waals surface area (Å²) < 4.78 is 0. The maximum Gasteiger partial charge on any atom is 0.0518 e. The van der Waals surface area contributed by atoms with Crippen molar-refractivity contribution in [2.75, 3.05) is 0 Å². The summed E-state index contributed by atoms with van der Waals surface area (Å²) in [6.45, 7) is 4.35. The number of allylic oxidation sites excluding steroid dienone is 2. The first-order valence-electron chi connectivity index (χ1n) is 3.89. The van der Waals surface area contributed by atoms with Gasteiger partial charge in [-0.25, -0.2) is 0 Å². The quantitative estimate of drug-likeness (QED) is 0.546. The van der Waals surface area contributed by atoms with E-state index in [0.29, 0.717) is 0 Å². The van der Waals surface area contributed by atoms with Crippen molar-refractivity contribution in [3.63, 3.8) is 0 Å². The fourth-order valence-electron chi connectivity index (χ4n) is 1.53. The highest BCUT2D eigenvalue weighted by molar-refractivity contribution is 5.73.